The summed E-state index contributed by atoms with van der Waals surface area (Å²) < 4.78 is 3.73. The number of nitrogens with two attached hydrogens (primary N) is 2. The molecule has 19 heteroatoms. The molecule has 0 bridgehead atoms. The first-order valence-electron chi connectivity index (χ1n) is 11.6. The van der Waals surface area contributed by atoms with E-state index in [0.29, 0.717) is 34.9 Å². The van der Waals surface area contributed by atoms with Crippen molar-refractivity contribution >= 4 is 33.4 Å². The average molecular weight is 638 g/mol. The predicted molar refractivity (Wildman–Crippen MR) is 153 cm³/mol. The first kappa shape index (κ1) is 33.3. The minimum absolute atomic E-state index is 0. The fourth-order valence-corrected chi connectivity index (χ4v) is 3.56. The van der Waals surface area contributed by atoms with Crippen molar-refractivity contribution in [1.29, 1.82) is 0 Å². The summed E-state index contributed by atoms with van der Waals surface area (Å²) in [4.78, 5) is 42.4. The Hall–Kier alpha value is -5.94. The van der Waals surface area contributed by atoms with Gasteiger partial charge in [-0.1, -0.05) is 24.3 Å². The van der Waals surface area contributed by atoms with E-state index in [4.69, 9.17) is 42.1 Å². The van der Waals surface area contributed by atoms with Gasteiger partial charge in [0.05, 0.1) is 21.2 Å². The van der Waals surface area contributed by atoms with Crippen molar-refractivity contribution in [3.05, 3.63) is 104 Å². The van der Waals surface area contributed by atoms with Crippen LogP contribution in [-0.2, 0) is 31.2 Å². The van der Waals surface area contributed by atoms with Crippen molar-refractivity contribution in [3.63, 3.8) is 0 Å². The molecule has 0 aliphatic carbocycles. The molecule has 0 saturated carbocycles. The van der Waals surface area contributed by atoms with Crippen LogP contribution in [0.5, 0.6) is 0 Å². The van der Waals surface area contributed by atoms with Gasteiger partial charge in [-0.25, -0.2) is 29.9 Å². The van der Waals surface area contributed by atoms with Crippen LogP contribution in [0, 0.1) is 30.6 Å². The van der Waals surface area contributed by atoms with E-state index in [1.807, 2.05) is 84.2 Å². The van der Waals surface area contributed by atoms with Crippen molar-refractivity contribution in [2.24, 2.45) is 14.1 Å². The zero-order valence-electron chi connectivity index (χ0n) is 22.3. The van der Waals surface area contributed by atoms with Crippen LogP contribution in [0.1, 0.15) is 0 Å². The van der Waals surface area contributed by atoms with Gasteiger partial charge in [-0.05, 0) is 24.3 Å². The smallest absolute Gasteiger partial charge is 0.383 e. The van der Waals surface area contributed by atoms with Crippen LogP contribution in [0.3, 0.4) is 0 Å². The molecule has 6 aromatic rings. The Morgan fingerprint density at radius 1 is 0.628 bits per heavy atom. The minimum Gasteiger partial charge on any atom is -0.383 e. The zero-order valence-corrected chi connectivity index (χ0v) is 23.2. The maximum absolute atomic E-state index is 8.25. The van der Waals surface area contributed by atoms with Crippen molar-refractivity contribution < 1.29 is 27.2 Å². The van der Waals surface area contributed by atoms with E-state index in [1.54, 1.807) is 12.4 Å². The van der Waals surface area contributed by atoms with Gasteiger partial charge in [0.1, 0.15) is 11.6 Å². The van der Waals surface area contributed by atoms with E-state index in [1.165, 1.54) is 0 Å². The Bertz CT molecular complexity index is 1700. The number of nitrogens with zero attached hydrogens (tertiary/aromatic N) is 10. The maximum Gasteiger partial charge on any atom is 2.00 e. The first-order chi connectivity index (χ1) is 20.0. The molecule has 0 saturated heterocycles. The summed E-state index contributed by atoms with van der Waals surface area (Å²) in [7, 11) is 3.80. The number of rotatable bonds is 2. The molecule has 18 nitrogen and oxygen atoms in total. The Morgan fingerprint density at radius 2 is 0.953 bits per heavy atom. The normalized spacial score (nSPS) is 9.72. The molecule has 0 atom stereocenters. The summed E-state index contributed by atoms with van der Waals surface area (Å²) in [5, 5.41) is 31.2. The third-order valence-corrected chi connectivity index (χ3v) is 5.31. The average Bonchev–Trinajstić information content (AvgIpc) is 3.56. The van der Waals surface area contributed by atoms with Gasteiger partial charge in [-0.3, -0.25) is 0 Å². The minimum atomic E-state index is -1.75. The van der Waals surface area contributed by atoms with Gasteiger partial charge in [0.25, 0.3) is 0 Å². The number of anilines is 2. The Kier molecular flexibility index (Phi) is 11.7. The first-order valence-corrected chi connectivity index (χ1v) is 11.6. The molecule has 0 aliphatic heterocycles. The van der Waals surface area contributed by atoms with Gasteiger partial charge in [0, 0.05) is 49.7 Å². The van der Waals surface area contributed by atoms with E-state index in [9.17, 15) is 0 Å². The third kappa shape index (κ3) is 9.03. The molecule has 2 aromatic carbocycles. The summed E-state index contributed by atoms with van der Waals surface area (Å²) in [5.41, 5.74) is 13.5. The van der Waals surface area contributed by atoms with E-state index in [0.717, 1.165) is 21.8 Å². The van der Waals surface area contributed by atoms with E-state index in [-0.39, 0.29) is 17.1 Å². The molecular weight excluding hydrogens is 616 g/mol. The number of hydrogen-bond donors (Lipinski definition) is 2. The molecule has 6 rings (SSSR count). The van der Waals surface area contributed by atoms with Crippen molar-refractivity contribution in [2.45, 2.75) is 0 Å². The second kappa shape index (κ2) is 15.2. The standard InChI is InChI=1S/2C12H11N5.Cu.2NO3/c2*1-17-7-6-14-12(17)11-15-9-5-3-2-4-8(9)10(13)16-11;;2*2-1(3)4/h2*2-7H,1H3,(H2,13,15,16);;;/q;;+2;2*-1. The molecule has 0 unspecified atom stereocenters. The van der Waals surface area contributed by atoms with Crippen LogP contribution >= 0.6 is 0 Å². The van der Waals surface area contributed by atoms with Crippen LogP contribution in [0.15, 0.2) is 73.3 Å². The SMILES string of the molecule is Cn1ccnc1-c1nc(N)c2ccccc2n1.Cn1ccnc1-c1nc(N)c2ccccc2n1.O=[N+]([O-])[O-].O=[N+]([O-])[O-].[Cu+2]. The number of nitrogen functional groups attached to an aromatic ring is 2. The number of aryl methyl sites for hydroxylation is 2. The third-order valence-electron chi connectivity index (χ3n) is 5.31. The van der Waals surface area contributed by atoms with Gasteiger partial charge in [-0.2, -0.15) is 0 Å². The van der Waals surface area contributed by atoms with Crippen molar-refractivity contribution in [3.8, 4) is 23.3 Å². The molecule has 225 valence electrons. The summed E-state index contributed by atoms with van der Waals surface area (Å²) in [6, 6.07) is 15.3. The molecule has 4 aromatic heterocycles. The fraction of sp³-hybridized carbons (Fsp3) is 0.0833. The Balaban J connectivity index is 0.000000237. The molecule has 0 aliphatic rings. The number of hydrogen-bond acceptors (Lipinski definition) is 14. The van der Waals surface area contributed by atoms with Crippen molar-refractivity contribution in [2.75, 3.05) is 11.5 Å². The number of benzene rings is 2. The predicted octanol–water partition coefficient (Wildman–Crippen LogP) is 2.74. The van der Waals surface area contributed by atoms with E-state index < -0.39 is 10.2 Å². The summed E-state index contributed by atoms with van der Waals surface area (Å²) in [6.45, 7) is 0. The van der Waals surface area contributed by atoms with Crippen LogP contribution < -0.4 is 11.5 Å². The number of imidazole rings is 2. The quantitative estimate of drug-likeness (QED) is 0.157. The molecule has 0 amide bonds. The molecule has 43 heavy (non-hydrogen) atoms. The van der Waals surface area contributed by atoms with Crippen LogP contribution in [-0.4, -0.2) is 49.2 Å². The van der Waals surface area contributed by atoms with Crippen LogP contribution in [0.4, 0.5) is 11.6 Å². The monoisotopic (exact) mass is 637 g/mol. The van der Waals surface area contributed by atoms with Gasteiger partial charge >= 0.3 is 17.1 Å². The van der Waals surface area contributed by atoms with Gasteiger partial charge in [-0.15, -0.1) is 0 Å². The number of fused-ring (bicyclic) bond motifs is 2. The second-order valence-electron chi connectivity index (χ2n) is 8.07. The molecule has 0 fully saturated rings. The maximum atomic E-state index is 8.25. The second-order valence-corrected chi connectivity index (χ2v) is 8.07. The molecule has 1 radical (unpaired) electrons. The zero-order chi connectivity index (χ0) is 30.8. The van der Waals surface area contributed by atoms with Crippen molar-refractivity contribution in [1.82, 2.24) is 39.0 Å². The number of aromatic nitrogens is 8. The number of para-hydroxylation sites is 2. The molecule has 4 N–H and O–H groups in total. The van der Waals surface area contributed by atoms with E-state index >= 15 is 0 Å². The molecule has 4 heterocycles. The summed E-state index contributed by atoms with van der Waals surface area (Å²) in [6.07, 6.45) is 7.13. The van der Waals surface area contributed by atoms with Gasteiger partial charge < -0.3 is 51.2 Å². The molecular formula is C24H22CuN12O6. The Morgan fingerprint density at radius 3 is 1.26 bits per heavy atom. The topological polar surface area (TPSA) is 272 Å². The van der Waals surface area contributed by atoms with Crippen LogP contribution in [0.2, 0.25) is 0 Å². The van der Waals surface area contributed by atoms with E-state index in [2.05, 4.69) is 29.9 Å². The summed E-state index contributed by atoms with van der Waals surface area (Å²) >= 11 is 0. The summed E-state index contributed by atoms with van der Waals surface area (Å²) in [5.74, 6) is 3.48. The molecule has 0 spiro atoms. The Labute approximate surface area is 252 Å². The van der Waals surface area contributed by atoms with Gasteiger partial charge in [0.15, 0.2) is 23.3 Å². The largest absolute Gasteiger partial charge is 2.00 e. The fourth-order valence-electron chi connectivity index (χ4n) is 3.56. The van der Waals surface area contributed by atoms with Gasteiger partial charge in [0.2, 0.25) is 0 Å². The van der Waals surface area contributed by atoms with Crippen LogP contribution in [0.25, 0.3) is 45.1 Å².